The molecule has 1 rings (SSSR count). The molecule has 1 aliphatic carbocycles. The minimum atomic E-state index is -0.897. The van der Waals surface area contributed by atoms with Gasteiger partial charge in [0.15, 0.2) is 0 Å². The number of aliphatic hydroxyl groups is 2. The Balaban J connectivity index is 2.72. The number of hydrogen-bond acceptors (Lipinski definition) is 5. The van der Waals surface area contributed by atoms with E-state index in [1.54, 1.807) is 29.1 Å². The maximum atomic E-state index is 10.6. The van der Waals surface area contributed by atoms with Crippen LogP contribution in [0.3, 0.4) is 0 Å². The quantitative estimate of drug-likeness (QED) is 0.493. The molecule has 4 atom stereocenters. The van der Waals surface area contributed by atoms with E-state index in [-0.39, 0.29) is 6.42 Å². The third kappa shape index (κ3) is 4.24. The van der Waals surface area contributed by atoms with E-state index in [4.69, 9.17) is 13.5 Å². The second kappa shape index (κ2) is 6.38. The summed E-state index contributed by atoms with van der Waals surface area (Å²) in [5.74, 6) is 0. The highest BCUT2D eigenvalue weighted by molar-refractivity contribution is 14.1. The topological polar surface area (TPSA) is 102 Å². The molecule has 7 heteroatoms. The van der Waals surface area contributed by atoms with Crippen LogP contribution in [0.5, 0.6) is 0 Å². The maximum Gasteiger partial charge on any atom is 0.405 e. The lowest BCUT2D eigenvalue weighted by Crippen LogP contribution is -2.36. The molecule has 0 fully saturated rings. The lowest BCUT2D eigenvalue weighted by atomic mass is 9.97. The molecule has 0 saturated carbocycles. The van der Waals surface area contributed by atoms with Crippen LogP contribution in [-0.2, 0) is 7.80 Å². The van der Waals surface area contributed by atoms with Gasteiger partial charge in [0.2, 0.25) is 0 Å². The van der Waals surface area contributed by atoms with Gasteiger partial charge in [-0.3, -0.25) is 0 Å². The normalized spacial score (nSPS) is 37.2. The third-order valence-electron chi connectivity index (χ3n) is 2.31. The number of hydrogen-bond donors (Lipinski definition) is 3. The van der Waals surface area contributed by atoms with Crippen molar-refractivity contribution in [3.8, 4) is 0 Å². The molecule has 0 aromatic heterocycles. The molecule has 0 bridgehead atoms. The molecule has 0 aliphatic heterocycles. The van der Waals surface area contributed by atoms with E-state index in [0.717, 1.165) is 0 Å². The molecule has 0 saturated heterocycles. The van der Waals surface area contributed by atoms with Crippen molar-refractivity contribution in [1.82, 2.24) is 0 Å². The van der Waals surface area contributed by atoms with E-state index in [2.05, 4.69) is 0 Å². The number of nitrogens with two attached hydrogens (primary N) is 1. The van der Waals surface area contributed by atoms with Gasteiger partial charge in [-0.2, -0.15) is 0 Å². The van der Waals surface area contributed by atoms with Crippen molar-refractivity contribution >= 4 is 29.1 Å². The largest absolute Gasteiger partial charge is 0.442 e. The fourth-order valence-electron chi connectivity index (χ4n) is 1.53. The van der Waals surface area contributed by atoms with E-state index in [9.17, 15) is 15.0 Å². The Kier molecular flexibility index (Phi) is 5.46. The fourth-order valence-corrected chi connectivity index (χ4v) is 2.07. The fraction of sp³-hybridized carbons (Fsp3) is 0.667. The number of carbonyl (C=O) groups is 1. The number of halogens is 1. The van der Waals surface area contributed by atoms with Crippen molar-refractivity contribution in [3.05, 3.63) is 12.2 Å². The Morgan fingerprint density at radius 2 is 2.06 bits per heavy atom. The molecule has 92 valence electrons. The van der Waals surface area contributed by atoms with Crippen LogP contribution in [-0.4, -0.2) is 40.7 Å². The van der Waals surface area contributed by atoms with Crippen LogP contribution in [0.2, 0.25) is 0 Å². The Hall–Kier alpha value is -0.380. The zero-order valence-corrected chi connectivity index (χ0v) is 10.6. The van der Waals surface area contributed by atoms with Crippen LogP contribution in [0.25, 0.3) is 0 Å². The predicted molar refractivity (Wildman–Crippen MR) is 63.7 cm³/mol. The molecule has 1 aliphatic rings. The summed E-state index contributed by atoms with van der Waals surface area (Å²) in [6, 6.07) is 0. The van der Waals surface area contributed by atoms with Gasteiger partial charge in [0.1, 0.15) is 29.1 Å². The first-order valence-corrected chi connectivity index (χ1v) is 5.69. The Morgan fingerprint density at radius 3 is 2.62 bits per heavy atom. The van der Waals surface area contributed by atoms with Crippen molar-refractivity contribution in [3.63, 3.8) is 0 Å². The monoisotopic (exact) mass is 343 g/mol. The smallest absolute Gasteiger partial charge is 0.405 e. The summed E-state index contributed by atoms with van der Waals surface area (Å²) in [6.45, 7) is 0. The second-order valence-corrected chi connectivity index (χ2v) is 4.10. The van der Waals surface area contributed by atoms with Gasteiger partial charge in [-0.1, -0.05) is 6.08 Å². The number of rotatable bonds is 2. The second-order valence-electron chi connectivity index (χ2n) is 3.59. The third-order valence-corrected chi connectivity index (χ3v) is 2.96. The zero-order valence-electron chi connectivity index (χ0n) is 8.45. The number of aliphatic hydroxyl groups excluding tert-OH is 2. The first-order valence-electron chi connectivity index (χ1n) is 4.81. The van der Waals surface area contributed by atoms with Gasteiger partial charge in [-0.25, -0.2) is 4.79 Å². The van der Waals surface area contributed by atoms with Crippen LogP contribution >= 0.6 is 23.0 Å². The molecule has 0 heterocycles. The lowest BCUT2D eigenvalue weighted by Gasteiger charge is -2.26. The van der Waals surface area contributed by atoms with Crippen molar-refractivity contribution in [1.29, 1.82) is 0 Å². The first-order chi connectivity index (χ1) is 7.52. The van der Waals surface area contributed by atoms with Crippen LogP contribution in [0, 0.1) is 0 Å². The van der Waals surface area contributed by atoms with Gasteiger partial charge in [0.05, 0.1) is 18.3 Å². The van der Waals surface area contributed by atoms with Gasteiger partial charge in [0, 0.05) is 12.8 Å². The van der Waals surface area contributed by atoms with Crippen molar-refractivity contribution in [2.45, 2.75) is 37.3 Å². The summed E-state index contributed by atoms with van der Waals surface area (Å²) in [4.78, 5) is 10.6. The van der Waals surface area contributed by atoms with Crippen molar-refractivity contribution < 1.29 is 22.8 Å². The van der Waals surface area contributed by atoms with E-state index in [1.807, 2.05) is 0 Å². The number of amides is 1. The van der Waals surface area contributed by atoms with Crippen molar-refractivity contribution in [2.75, 3.05) is 0 Å². The molecule has 4 unspecified atom stereocenters. The average Bonchev–Trinajstić information content (AvgIpc) is 2.19. The predicted octanol–water partition coefficient (Wildman–Crippen LogP) is 0.257. The summed E-state index contributed by atoms with van der Waals surface area (Å²) >= 11 is 1.67. The van der Waals surface area contributed by atoms with Crippen molar-refractivity contribution in [2.24, 2.45) is 5.73 Å². The SMILES string of the molecule is NC(=O)OC1/C=C/C(O)CC(O)C(OI)C1. The first kappa shape index (κ1) is 13.7. The summed E-state index contributed by atoms with van der Waals surface area (Å²) < 4.78 is 9.84. The zero-order chi connectivity index (χ0) is 12.1. The Morgan fingerprint density at radius 1 is 1.38 bits per heavy atom. The Labute approximate surface area is 107 Å². The van der Waals surface area contributed by atoms with E-state index >= 15 is 0 Å². The summed E-state index contributed by atoms with van der Waals surface area (Å²) in [5, 5.41) is 19.2. The molecule has 0 radical (unpaired) electrons. The van der Waals surface area contributed by atoms with Crippen LogP contribution in [0.4, 0.5) is 4.79 Å². The van der Waals surface area contributed by atoms with Crippen LogP contribution in [0.15, 0.2) is 12.2 Å². The van der Waals surface area contributed by atoms with Crippen LogP contribution < -0.4 is 5.73 Å². The molecule has 0 aromatic rings. The number of carbonyl (C=O) groups excluding carboxylic acids is 1. The maximum absolute atomic E-state index is 10.6. The average molecular weight is 343 g/mol. The summed E-state index contributed by atoms with van der Waals surface area (Å²) in [6.07, 6.45) is -0.0922. The minimum absolute atomic E-state index is 0.188. The highest BCUT2D eigenvalue weighted by Crippen LogP contribution is 2.20. The highest BCUT2D eigenvalue weighted by Gasteiger charge is 2.28. The van der Waals surface area contributed by atoms with E-state index in [0.29, 0.717) is 6.42 Å². The molecule has 1 amide bonds. The molecule has 16 heavy (non-hydrogen) atoms. The molecular formula is C9H14INO5. The van der Waals surface area contributed by atoms with Gasteiger partial charge in [0.25, 0.3) is 0 Å². The van der Waals surface area contributed by atoms with Gasteiger partial charge in [-0.15, -0.1) is 0 Å². The molecular weight excluding hydrogens is 329 g/mol. The summed E-state index contributed by atoms with van der Waals surface area (Å²) in [7, 11) is 0. The van der Waals surface area contributed by atoms with Gasteiger partial charge in [-0.05, 0) is 6.08 Å². The van der Waals surface area contributed by atoms with Gasteiger partial charge >= 0.3 is 6.09 Å². The Bertz CT molecular complexity index is 273. The molecule has 4 N–H and O–H groups in total. The number of ether oxygens (including phenoxy) is 1. The number of primary amides is 1. The minimum Gasteiger partial charge on any atom is -0.442 e. The highest BCUT2D eigenvalue weighted by atomic mass is 127. The summed E-state index contributed by atoms with van der Waals surface area (Å²) in [5.41, 5.74) is 4.91. The molecule has 0 aromatic carbocycles. The van der Waals surface area contributed by atoms with Crippen LogP contribution in [0.1, 0.15) is 12.8 Å². The lowest BCUT2D eigenvalue weighted by molar-refractivity contribution is 0.00250. The van der Waals surface area contributed by atoms with E-state index < -0.39 is 30.5 Å². The molecule has 6 nitrogen and oxygen atoms in total. The van der Waals surface area contributed by atoms with Gasteiger partial charge < -0.3 is 23.7 Å². The van der Waals surface area contributed by atoms with E-state index in [1.165, 1.54) is 6.08 Å². The standard InChI is InChI=1S/C9H14INO5/c10-16-8-4-6(15-9(11)14)2-1-5(12)3-7(8)13/h1-2,5-8,12-13H,3-4H2,(H2,11,14)/b2-1+. The molecule has 0 spiro atoms.